The summed E-state index contributed by atoms with van der Waals surface area (Å²) in [7, 11) is 0. The Labute approximate surface area is 129 Å². The molecule has 1 aliphatic rings. The molecule has 1 atom stereocenters. The molecule has 0 saturated carbocycles. The number of rotatable bonds is 3. The van der Waals surface area contributed by atoms with Gasteiger partial charge in [-0.2, -0.15) is 0 Å². The highest BCUT2D eigenvalue weighted by Gasteiger charge is 2.26. The van der Waals surface area contributed by atoms with E-state index in [0.29, 0.717) is 11.1 Å². The smallest absolute Gasteiger partial charge is 0.339 e. The van der Waals surface area contributed by atoms with Gasteiger partial charge < -0.3 is 14.6 Å². The Morgan fingerprint density at radius 3 is 3.05 bits per heavy atom. The molecule has 0 amide bonds. The minimum Gasteiger partial charge on any atom is -0.485 e. The minimum absolute atomic E-state index is 0.110. The lowest BCUT2D eigenvalue weighted by Crippen LogP contribution is -2.23. The largest absolute Gasteiger partial charge is 0.485 e. The third-order valence-corrected chi connectivity index (χ3v) is 3.85. The molecular formula is C15H12BrNO4. The number of benzene rings is 1. The SMILES string of the molecule is O=C(O)c1cccc2c1OCC(c1cncc(CBr)c1)O2. The Balaban J connectivity index is 1.91. The van der Waals surface area contributed by atoms with Crippen molar-refractivity contribution in [2.75, 3.05) is 6.61 Å². The van der Waals surface area contributed by atoms with Gasteiger partial charge in [-0.3, -0.25) is 4.98 Å². The first-order chi connectivity index (χ1) is 10.2. The molecular weight excluding hydrogens is 338 g/mol. The first-order valence-corrected chi connectivity index (χ1v) is 7.46. The average Bonchev–Trinajstić information content (AvgIpc) is 2.53. The summed E-state index contributed by atoms with van der Waals surface area (Å²) >= 11 is 3.39. The van der Waals surface area contributed by atoms with Crippen molar-refractivity contribution in [3.8, 4) is 11.5 Å². The van der Waals surface area contributed by atoms with Gasteiger partial charge in [-0.25, -0.2) is 4.79 Å². The Morgan fingerprint density at radius 2 is 2.29 bits per heavy atom. The van der Waals surface area contributed by atoms with Crippen LogP contribution in [0.5, 0.6) is 11.5 Å². The summed E-state index contributed by atoms with van der Waals surface area (Å²) in [6.45, 7) is 0.255. The quantitative estimate of drug-likeness (QED) is 0.861. The van der Waals surface area contributed by atoms with Gasteiger partial charge in [-0.15, -0.1) is 0 Å². The number of carboxylic acids is 1. The van der Waals surface area contributed by atoms with E-state index in [2.05, 4.69) is 20.9 Å². The summed E-state index contributed by atoms with van der Waals surface area (Å²) in [5, 5.41) is 9.85. The van der Waals surface area contributed by atoms with Crippen LogP contribution in [-0.2, 0) is 5.33 Å². The number of nitrogens with zero attached hydrogens (tertiary/aromatic N) is 1. The summed E-state index contributed by atoms with van der Waals surface area (Å²) in [6, 6.07) is 6.83. The lowest BCUT2D eigenvalue weighted by molar-refractivity contribution is 0.0659. The van der Waals surface area contributed by atoms with Crippen LogP contribution in [0.4, 0.5) is 0 Å². The summed E-state index contributed by atoms with van der Waals surface area (Å²) in [5.74, 6) is -0.307. The summed E-state index contributed by atoms with van der Waals surface area (Å²) in [4.78, 5) is 15.3. The van der Waals surface area contributed by atoms with E-state index in [1.807, 2.05) is 6.07 Å². The third-order valence-electron chi connectivity index (χ3n) is 3.20. The number of hydrogen-bond acceptors (Lipinski definition) is 4. The zero-order valence-corrected chi connectivity index (χ0v) is 12.5. The van der Waals surface area contributed by atoms with Crippen LogP contribution >= 0.6 is 15.9 Å². The van der Waals surface area contributed by atoms with Gasteiger partial charge in [-0.1, -0.05) is 22.0 Å². The predicted molar refractivity (Wildman–Crippen MR) is 79.1 cm³/mol. The molecule has 108 valence electrons. The number of carboxylic acid groups (broad SMARTS) is 1. The molecule has 2 aromatic rings. The van der Waals surface area contributed by atoms with Crippen molar-refractivity contribution in [3.63, 3.8) is 0 Å². The molecule has 21 heavy (non-hydrogen) atoms. The lowest BCUT2D eigenvalue weighted by Gasteiger charge is -2.27. The normalized spacial score (nSPS) is 16.5. The Hall–Kier alpha value is -2.08. The van der Waals surface area contributed by atoms with E-state index in [1.165, 1.54) is 6.07 Å². The van der Waals surface area contributed by atoms with Gasteiger partial charge in [0.15, 0.2) is 17.6 Å². The maximum atomic E-state index is 11.2. The fraction of sp³-hybridized carbons (Fsp3) is 0.200. The van der Waals surface area contributed by atoms with Crippen LogP contribution in [0, 0.1) is 0 Å². The van der Waals surface area contributed by atoms with E-state index in [0.717, 1.165) is 11.1 Å². The van der Waals surface area contributed by atoms with Gasteiger partial charge >= 0.3 is 5.97 Å². The number of hydrogen-bond donors (Lipinski definition) is 1. The number of alkyl halides is 1. The van der Waals surface area contributed by atoms with E-state index < -0.39 is 5.97 Å². The van der Waals surface area contributed by atoms with E-state index >= 15 is 0 Å². The van der Waals surface area contributed by atoms with E-state index in [1.54, 1.807) is 24.5 Å². The second-order valence-electron chi connectivity index (χ2n) is 4.62. The van der Waals surface area contributed by atoms with Gasteiger partial charge in [0.1, 0.15) is 12.2 Å². The van der Waals surface area contributed by atoms with Crippen molar-refractivity contribution in [2.24, 2.45) is 0 Å². The first kappa shape index (κ1) is 13.9. The van der Waals surface area contributed by atoms with Crippen molar-refractivity contribution in [2.45, 2.75) is 11.4 Å². The zero-order chi connectivity index (χ0) is 14.8. The standard InChI is InChI=1S/C15H12BrNO4/c16-5-9-4-10(7-17-6-9)13-8-20-14-11(15(18)19)2-1-3-12(14)21-13/h1-4,6-7,13H,5,8H2,(H,18,19). The molecule has 1 aliphatic heterocycles. The van der Waals surface area contributed by atoms with Gasteiger partial charge in [0.2, 0.25) is 0 Å². The molecule has 5 nitrogen and oxygen atoms in total. The zero-order valence-electron chi connectivity index (χ0n) is 11.0. The summed E-state index contributed by atoms with van der Waals surface area (Å²) < 4.78 is 11.5. The van der Waals surface area contributed by atoms with Crippen molar-refractivity contribution in [1.29, 1.82) is 0 Å². The topological polar surface area (TPSA) is 68.7 Å². The van der Waals surface area contributed by atoms with Gasteiger partial charge in [0, 0.05) is 23.3 Å². The van der Waals surface area contributed by atoms with Gasteiger partial charge in [0.25, 0.3) is 0 Å². The second kappa shape index (κ2) is 5.73. The van der Waals surface area contributed by atoms with E-state index in [4.69, 9.17) is 14.6 Å². The number of para-hydroxylation sites is 1. The highest BCUT2D eigenvalue weighted by Crippen LogP contribution is 2.38. The third kappa shape index (κ3) is 2.71. The number of halogens is 1. The van der Waals surface area contributed by atoms with Crippen molar-refractivity contribution < 1.29 is 19.4 Å². The minimum atomic E-state index is -1.03. The molecule has 3 rings (SSSR count). The van der Waals surface area contributed by atoms with Crippen LogP contribution in [0.1, 0.15) is 27.6 Å². The molecule has 0 spiro atoms. The average molecular weight is 350 g/mol. The molecule has 0 radical (unpaired) electrons. The molecule has 1 unspecified atom stereocenters. The van der Waals surface area contributed by atoms with Gasteiger partial charge in [-0.05, 0) is 23.8 Å². The van der Waals surface area contributed by atoms with Crippen LogP contribution in [0.25, 0.3) is 0 Å². The molecule has 0 saturated heterocycles. The maximum Gasteiger partial charge on any atom is 0.339 e. The van der Waals surface area contributed by atoms with Crippen molar-refractivity contribution >= 4 is 21.9 Å². The number of fused-ring (bicyclic) bond motifs is 1. The maximum absolute atomic E-state index is 11.2. The molecule has 1 aromatic carbocycles. The van der Waals surface area contributed by atoms with Crippen molar-refractivity contribution in [1.82, 2.24) is 4.98 Å². The first-order valence-electron chi connectivity index (χ1n) is 6.34. The second-order valence-corrected chi connectivity index (χ2v) is 5.18. The predicted octanol–water partition coefficient (Wildman–Crippen LogP) is 3.19. The summed E-state index contributed by atoms with van der Waals surface area (Å²) in [6.07, 6.45) is 3.21. The molecule has 0 fully saturated rings. The molecule has 0 aliphatic carbocycles. The van der Waals surface area contributed by atoms with Crippen LogP contribution in [0.15, 0.2) is 36.7 Å². The van der Waals surface area contributed by atoms with Crippen LogP contribution in [0.3, 0.4) is 0 Å². The molecule has 1 N–H and O–H groups in total. The number of aromatic nitrogens is 1. The molecule has 6 heteroatoms. The number of ether oxygens (including phenoxy) is 2. The fourth-order valence-electron chi connectivity index (χ4n) is 2.19. The summed E-state index contributed by atoms with van der Waals surface area (Å²) in [5.41, 5.74) is 2.05. The van der Waals surface area contributed by atoms with Crippen LogP contribution in [-0.4, -0.2) is 22.7 Å². The lowest BCUT2D eigenvalue weighted by atomic mass is 10.1. The highest BCUT2D eigenvalue weighted by atomic mass is 79.9. The highest BCUT2D eigenvalue weighted by molar-refractivity contribution is 9.08. The van der Waals surface area contributed by atoms with E-state index in [9.17, 15) is 4.79 Å². The number of pyridine rings is 1. The Kier molecular flexibility index (Phi) is 3.79. The van der Waals surface area contributed by atoms with Crippen molar-refractivity contribution in [3.05, 3.63) is 53.3 Å². The Bertz CT molecular complexity index is 689. The Morgan fingerprint density at radius 1 is 1.43 bits per heavy atom. The number of carbonyl (C=O) groups is 1. The molecule has 1 aromatic heterocycles. The van der Waals surface area contributed by atoms with E-state index in [-0.39, 0.29) is 24.0 Å². The van der Waals surface area contributed by atoms with Crippen LogP contribution < -0.4 is 9.47 Å². The monoisotopic (exact) mass is 349 g/mol. The van der Waals surface area contributed by atoms with Gasteiger partial charge in [0.05, 0.1) is 0 Å². The molecule has 2 heterocycles. The number of aromatic carboxylic acids is 1. The fourth-order valence-corrected chi connectivity index (χ4v) is 2.50. The molecule has 0 bridgehead atoms. The van der Waals surface area contributed by atoms with Crippen LogP contribution in [0.2, 0.25) is 0 Å².